The fourth-order valence-corrected chi connectivity index (χ4v) is 7.09. The Morgan fingerprint density at radius 3 is 2.27 bits per heavy atom. The quantitative estimate of drug-likeness (QED) is 0.709. The average molecular weight is 409 g/mol. The van der Waals surface area contributed by atoms with E-state index in [9.17, 15) is 14.4 Å². The van der Waals surface area contributed by atoms with Gasteiger partial charge in [-0.2, -0.15) is 0 Å². The zero-order chi connectivity index (χ0) is 21.0. The molecular weight excluding hydrogens is 376 g/mol. The number of nitrogens with zero attached hydrogens (tertiary/aromatic N) is 1. The fraction of sp³-hybridized carbons (Fsp3) is 0.640. The molecule has 4 fully saturated rings. The fourth-order valence-electron chi connectivity index (χ4n) is 7.09. The first-order chi connectivity index (χ1) is 14.4. The van der Waals surface area contributed by atoms with Crippen molar-refractivity contribution >= 4 is 17.7 Å². The summed E-state index contributed by atoms with van der Waals surface area (Å²) in [5.41, 5.74) is 1.50. The van der Waals surface area contributed by atoms with Gasteiger partial charge in [-0.05, 0) is 93.2 Å². The number of rotatable bonds is 6. The molecule has 30 heavy (non-hydrogen) atoms. The summed E-state index contributed by atoms with van der Waals surface area (Å²) < 4.78 is 0. The van der Waals surface area contributed by atoms with Crippen LogP contribution in [0.5, 0.6) is 0 Å². The van der Waals surface area contributed by atoms with E-state index in [4.69, 9.17) is 0 Å². The van der Waals surface area contributed by atoms with Crippen molar-refractivity contribution in [1.29, 1.82) is 0 Å². The summed E-state index contributed by atoms with van der Waals surface area (Å²) in [6.45, 7) is 4.64. The predicted octanol–water partition coefficient (Wildman–Crippen LogP) is 4.42. The SMILES string of the molecule is CCCCN1C(=O)c2ccc(C(=O)NC(C)C34CC5CC(CC(C5)C3)C4)cc2C1=O. The highest BCUT2D eigenvalue weighted by atomic mass is 16.2. The molecule has 0 aromatic heterocycles. The highest BCUT2D eigenvalue weighted by Gasteiger charge is 2.53. The third-order valence-electron chi connectivity index (χ3n) is 8.32. The Bertz CT molecular complexity index is 870. The number of carbonyl (C=O) groups excluding carboxylic acids is 3. The van der Waals surface area contributed by atoms with Crippen LogP contribution in [-0.2, 0) is 0 Å². The minimum atomic E-state index is -0.271. The van der Waals surface area contributed by atoms with Crippen molar-refractivity contribution in [1.82, 2.24) is 10.2 Å². The normalized spacial score (nSPS) is 32.5. The van der Waals surface area contributed by atoms with E-state index in [1.54, 1.807) is 18.2 Å². The molecule has 1 heterocycles. The first kappa shape index (κ1) is 19.8. The van der Waals surface area contributed by atoms with Gasteiger partial charge < -0.3 is 5.32 Å². The molecule has 160 valence electrons. The van der Waals surface area contributed by atoms with Gasteiger partial charge >= 0.3 is 0 Å². The molecule has 4 aliphatic carbocycles. The van der Waals surface area contributed by atoms with Gasteiger partial charge in [0.1, 0.15) is 0 Å². The second-order valence-corrected chi connectivity index (χ2v) is 10.4. The van der Waals surface area contributed by atoms with Crippen molar-refractivity contribution in [3.63, 3.8) is 0 Å². The molecule has 0 saturated heterocycles. The van der Waals surface area contributed by atoms with Crippen LogP contribution in [0.1, 0.15) is 96.3 Å². The Morgan fingerprint density at radius 1 is 1.07 bits per heavy atom. The van der Waals surface area contributed by atoms with Crippen molar-refractivity contribution in [2.75, 3.05) is 6.54 Å². The molecule has 1 aromatic carbocycles. The molecule has 4 bridgehead atoms. The summed E-state index contributed by atoms with van der Waals surface area (Å²) in [7, 11) is 0. The van der Waals surface area contributed by atoms with E-state index in [0.29, 0.717) is 23.2 Å². The van der Waals surface area contributed by atoms with E-state index in [1.807, 2.05) is 6.92 Å². The molecule has 1 atom stereocenters. The zero-order valence-corrected chi connectivity index (χ0v) is 18.1. The lowest BCUT2D eigenvalue weighted by Crippen LogP contribution is -2.55. The molecule has 6 rings (SSSR count). The van der Waals surface area contributed by atoms with E-state index >= 15 is 0 Å². The monoisotopic (exact) mass is 408 g/mol. The van der Waals surface area contributed by atoms with Crippen molar-refractivity contribution in [2.24, 2.45) is 23.2 Å². The van der Waals surface area contributed by atoms with Crippen LogP contribution in [0.3, 0.4) is 0 Å². The van der Waals surface area contributed by atoms with Gasteiger partial charge in [0.15, 0.2) is 0 Å². The van der Waals surface area contributed by atoms with E-state index in [1.165, 1.54) is 43.4 Å². The lowest BCUT2D eigenvalue weighted by molar-refractivity contribution is -0.0688. The minimum Gasteiger partial charge on any atom is -0.349 e. The molecule has 3 amide bonds. The Balaban J connectivity index is 1.32. The number of benzene rings is 1. The van der Waals surface area contributed by atoms with Gasteiger partial charge in [0.2, 0.25) is 0 Å². The number of unbranched alkanes of at least 4 members (excludes halogenated alkanes) is 1. The number of hydrogen-bond acceptors (Lipinski definition) is 3. The summed E-state index contributed by atoms with van der Waals surface area (Å²) in [4.78, 5) is 39.6. The predicted molar refractivity (Wildman–Crippen MR) is 114 cm³/mol. The second-order valence-electron chi connectivity index (χ2n) is 10.4. The summed E-state index contributed by atoms with van der Waals surface area (Å²) in [5.74, 6) is 1.88. The number of carbonyl (C=O) groups is 3. The third kappa shape index (κ3) is 3.09. The summed E-state index contributed by atoms with van der Waals surface area (Å²) in [6, 6.07) is 5.08. The largest absolute Gasteiger partial charge is 0.349 e. The topological polar surface area (TPSA) is 66.5 Å². The minimum absolute atomic E-state index is 0.130. The number of amides is 3. The maximum Gasteiger partial charge on any atom is 0.261 e. The van der Waals surface area contributed by atoms with Crippen LogP contribution in [0.4, 0.5) is 0 Å². The van der Waals surface area contributed by atoms with Crippen LogP contribution in [0.2, 0.25) is 0 Å². The Morgan fingerprint density at radius 2 is 1.67 bits per heavy atom. The van der Waals surface area contributed by atoms with E-state index in [0.717, 1.165) is 30.6 Å². The number of fused-ring (bicyclic) bond motifs is 1. The van der Waals surface area contributed by atoms with Crippen LogP contribution < -0.4 is 5.32 Å². The molecule has 1 aliphatic heterocycles. The van der Waals surface area contributed by atoms with Crippen LogP contribution >= 0.6 is 0 Å². The van der Waals surface area contributed by atoms with Crippen molar-refractivity contribution < 1.29 is 14.4 Å². The van der Waals surface area contributed by atoms with Crippen molar-refractivity contribution in [3.8, 4) is 0 Å². The van der Waals surface area contributed by atoms with Gasteiger partial charge in [-0.3, -0.25) is 19.3 Å². The molecule has 0 spiro atoms. The van der Waals surface area contributed by atoms with Gasteiger partial charge in [-0.25, -0.2) is 0 Å². The first-order valence-corrected chi connectivity index (χ1v) is 11.7. The molecule has 1 unspecified atom stereocenters. The Labute approximate surface area is 178 Å². The van der Waals surface area contributed by atoms with Gasteiger partial charge in [-0.1, -0.05) is 13.3 Å². The molecule has 4 saturated carbocycles. The lowest BCUT2D eigenvalue weighted by Gasteiger charge is -2.59. The number of imide groups is 1. The zero-order valence-electron chi connectivity index (χ0n) is 18.1. The molecule has 5 heteroatoms. The molecule has 1 N–H and O–H groups in total. The Hall–Kier alpha value is -2.17. The molecule has 5 nitrogen and oxygen atoms in total. The van der Waals surface area contributed by atoms with Gasteiger partial charge in [0, 0.05) is 18.2 Å². The molecule has 5 aliphatic rings. The summed E-state index contributed by atoms with van der Waals surface area (Å²) >= 11 is 0. The van der Waals surface area contributed by atoms with E-state index in [2.05, 4.69) is 12.2 Å². The van der Waals surface area contributed by atoms with Crippen LogP contribution in [-0.4, -0.2) is 35.2 Å². The van der Waals surface area contributed by atoms with Crippen LogP contribution in [0.15, 0.2) is 18.2 Å². The lowest BCUT2D eigenvalue weighted by atomic mass is 9.48. The van der Waals surface area contributed by atoms with Gasteiger partial charge in [0.25, 0.3) is 17.7 Å². The third-order valence-corrected chi connectivity index (χ3v) is 8.32. The standard InChI is InChI=1S/C25H32N2O3/c1-3-4-7-27-23(29)20-6-5-19(11-21(20)24(27)30)22(28)26-15(2)25-12-16-8-17(13-25)10-18(9-16)14-25/h5-6,11,15-18H,3-4,7-10,12-14H2,1-2H3,(H,26,28). The maximum atomic E-state index is 13.1. The van der Waals surface area contributed by atoms with Crippen LogP contribution in [0.25, 0.3) is 0 Å². The van der Waals surface area contributed by atoms with Gasteiger partial charge in [-0.15, -0.1) is 0 Å². The van der Waals surface area contributed by atoms with Crippen molar-refractivity contribution in [2.45, 2.75) is 71.3 Å². The number of nitrogens with one attached hydrogen (secondary N) is 1. The Kier molecular flexibility index (Phi) is 4.75. The maximum absolute atomic E-state index is 13.1. The smallest absolute Gasteiger partial charge is 0.261 e. The van der Waals surface area contributed by atoms with Crippen LogP contribution in [0, 0.1) is 23.2 Å². The van der Waals surface area contributed by atoms with E-state index in [-0.39, 0.29) is 29.2 Å². The first-order valence-electron chi connectivity index (χ1n) is 11.7. The highest BCUT2D eigenvalue weighted by molar-refractivity contribution is 6.22. The van der Waals surface area contributed by atoms with Crippen molar-refractivity contribution in [3.05, 3.63) is 34.9 Å². The summed E-state index contributed by atoms with van der Waals surface area (Å²) in [6.07, 6.45) is 9.59. The second kappa shape index (κ2) is 7.21. The highest BCUT2D eigenvalue weighted by Crippen LogP contribution is 2.61. The molecular formula is C25H32N2O3. The van der Waals surface area contributed by atoms with Gasteiger partial charge in [0.05, 0.1) is 11.1 Å². The van der Waals surface area contributed by atoms with E-state index < -0.39 is 0 Å². The summed E-state index contributed by atoms with van der Waals surface area (Å²) in [5, 5.41) is 3.27. The molecule has 1 aromatic rings. The average Bonchev–Trinajstić information content (AvgIpc) is 2.95. The molecule has 0 radical (unpaired) electrons. The number of hydrogen-bond donors (Lipinski definition) is 1.